The van der Waals surface area contributed by atoms with E-state index >= 15 is 0 Å². The van der Waals surface area contributed by atoms with Gasteiger partial charge in [-0.1, -0.05) is 0 Å². The molecule has 8 heavy (non-hydrogen) atoms. The number of anilines is 1. The van der Waals surface area contributed by atoms with E-state index in [4.69, 9.17) is 0 Å². The summed E-state index contributed by atoms with van der Waals surface area (Å²) in [5.74, 6) is 0.199. The lowest BCUT2D eigenvalue weighted by Gasteiger charge is -1.79. The molecule has 0 saturated carbocycles. The van der Waals surface area contributed by atoms with Crippen LogP contribution in [0.3, 0.4) is 0 Å². The summed E-state index contributed by atoms with van der Waals surface area (Å²) in [6, 6.07) is 0. The van der Waals surface area contributed by atoms with Crippen LogP contribution in [0, 0.1) is 0 Å². The number of aromatic nitrogens is 2. The molecular weight excluding hydrogens is 110 g/mol. The molecule has 0 aliphatic rings. The Bertz CT molecular complexity index is 212. The van der Waals surface area contributed by atoms with Crippen molar-refractivity contribution in [2.24, 2.45) is 0 Å². The summed E-state index contributed by atoms with van der Waals surface area (Å²) in [5, 5.41) is 7.82. The van der Waals surface area contributed by atoms with Crippen molar-refractivity contribution in [3.63, 3.8) is 0 Å². The van der Waals surface area contributed by atoms with Crippen molar-refractivity contribution in [3.8, 4) is 0 Å². The van der Waals surface area contributed by atoms with Crippen molar-refractivity contribution in [2.75, 3.05) is 12.4 Å². The van der Waals surface area contributed by atoms with Crippen LogP contribution >= 0.6 is 0 Å². The molecule has 0 radical (unpaired) electrons. The first kappa shape index (κ1) is 4.89. The van der Waals surface area contributed by atoms with Crippen molar-refractivity contribution in [1.82, 2.24) is 10.3 Å². The molecular formula is C3H5N3O2. The fraction of sp³-hybridized carbons (Fsp3) is 0.333. The highest BCUT2D eigenvalue weighted by Crippen LogP contribution is 1.83. The van der Waals surface area contributed by atoms with Gasteiger partial charge in [-0.2, -0.15) is 5.16 Å². The molecule has 0 unspecified atom stereocenters. The highest BCUT2D eigenvalue weighted by molar-refractivity contribution is 5.26. The van der Waals surface area contributed by atoms with Crippen LogP contribution < -0.4 is 10.9 Å². The quantitative estimate of drug-likeness (QED) is 0.513. The zero-order valence-electron chi connectivity index (χ0n) is 4.26. The minimum Gasteiger partial charge on any atom is -0.366 e. The van der Waals surface area contributed by atoms with Crippen molar-refractivity contribution in [1.29, 1.82) is 0 Å². The van der Waals surface area contributed by atoms with Gasteiger partial charge in [0.25, 0.3) is 0 Å². The molecule has 1 aromatic rings. The topological polar surface area (TPSA) is 70.9 Å². The number of H-pyrrole nitrogens is 1. The van der Waals surface area contributed by atoms with Crippen molar-refractivity contribution < 1.29 is 4.63 Å². The number of hydrogen-bond donors (Lipinski definition) is 2. The maximum Gasteiger partial charge on any atom is 0.324 e. The highest BCUT2D eigenvalue weighted by atomic mass is 16.6. The van der Waals surface area contributed by atoms with Crippen LogP contribution in [0.1, 0.15) is 0 Å². The van der Waals surface area contributed by atoms with Gasteiger partial charge in [-0.3, -0.25) is 9.42 Å². The summed E-state index contributed by atoms with van der Waals surface area (Å²) in [4.78, 5) is 10.4. The van der Waals surface area contributed by atoms with Crippen LogP contribution in [-0.2, 0) is 0 Å². The molecule has 44 valence electrons. The predicted octanol–water partition coefficient (Wildman–Crippen LogP) is -0.595. The third kappa shape index (κ3) is 0.575. The zero-order valence-corrected chi connectivity index (χ0v) is 4.26. The van der Waals surface area contributed by atoms with Gasteiger partial charge in [-0.05, 0) is 5.16 Å². The lowest BCUT2D eigenvalue weighted by Crippen LogP contribution is -2.04. The molecule has 0 saturated heterocycles. The summed E-state index contributed by atoms with van der Waals surface area (Å²) >= 11 is 0. The van der Waals surface area contributed by atoms with Crippen molar-refractivity contribution >= 4 is 5.82 Å². The van der Waals surface area contributed by atoms with Crippen LogP contribution in [0.2, 0.25) is 0 Å². The van der Waals surface area contributed by atoms with Crippen LogP contribution in [0.4, 0.5) is 5.82 Å². The molecule has 0 fully saturated rings. The SMILES string of the molecule is CNc1no[nH]c1=O. The number of rotatable bonds is 1. The Morgan fingerprint density at radius 3 is 2.88 bits per heavy atom. The second-order valence-electron chi connectivity index (χ2n) is 1.21. The van der Waals surface area contributed by atoms with E-state index in [2.05, 4.69) is 15.1 Å². The first-order chi connectivity index (χ1) is 3.84. The van der Waals surface area contributed by atoms with Crippen molar-refractivity contribution in [3.05, 3.63) is 10.4 Å². The third-order valence-electron chi connectivity index (χ3n) is 0.727. The van der Waals surface area contributed by atoms with Gasteiger partial charge in [-0.15, -0.1) is 0 Å². The van der Waals surface area contributed by atoms with Gasteiger partial charge in [0.15, 0.2) is 0 Å². The molecule has 0 amide bonds. The number of hydrogen-bond acceptors (Lipinski definition) is 4. The van der Waals surface area contributed by atoms with E-state index in [1.54, 1.807) is 7.05 Å². The van der Waals surface area contributed by atoms with Crippen molar-refractivity contribution in [2.45, 2.75) is 0 Å². The average Bonchev–Trinajstić information content (AvgIpc) is 2.14. The van der Waals surface area contributed by atoms with Crippen LogP contribution in [0.25, 0.3) is 0 Å². The van der Waals surface area contributed by atoms with E-state index in [1.807, 2.05) is 5.16 Å². The second-order valence-corrected chi connectivity index (χ2v) is 1.21. The summed E-state index contributed by atoms with van der Waals surface area (Å²) in [5.41, 5.74) is -0.340. The first-order valence-corrected chi connectivity index (χ1v) is 2.06. The molecule has 0 atom stereocenters. The first-order valence-electron chi connectivity index (χ1n) is 2.06. The highest BCUT2D eigenvalue weighted by Gasteiger charge is 1.96. The van der Waals surface area contributed by atoms with Gasteiger partial charge in [-0.25, -0.2) is 0 Å². The Hall–Kier alpha value is -1.26. The molecule has 5 nitrogen and oxygen atoms in total. The Morgan fingerprint density at radius 2 is 2.62 bits per heavy atom. The van der Waals surface area contributed by atoms with Crippen LogP contribution in [-0.4, -0.2) is 17.4 Å². The van der Waals surface area contributed by atoms with E-state index in [-0.39, 0.29) is 11.4 Å². The Kier molecular flexibility index (Phi) is 1.03. The standard InChI is InChI=1S/C3H5N3O2/c1-4-2-3(7)6-8-5-2/h1H3,(H,4,5)(H,6,7). The smallest absolute Gasteiger partial charge is 0.324 e. The zero-order chi connectivity index (χ0) is 5.98. The predicted molar refractivity (Wildman–Crippen MR) is 26.7 cm³/mol. The van der Waals surface area contributed by atoms with E-state index < -0.39 is 0 Å². The van der Waals surface area contributed by atoms with Gasteiger partial charge in [0.1, 0.15) is 0 Å². The van der Waals surface area contributed by atoms with Crippen LogP contribution in [0.15, 0.2) is 9.42 Å². The largest absolute Gasteiger partial charge is 0.366 e. The fourth-order valence-corrected chi connectivity index (χ4v) is 0.359. The van der Waals surface area contributed by atoms with Gasteiger partial charge in [0.2, 0.25) is 5.82 Å². The molecule has 0 bridgehead atoms. The van der Waals surface area contributed by atoms with Crippen LogP contribution in [0.5, 0.6) is 0 Å². The van der Waals surface area contributed by atoms with E-state index in [1.165, 1.54) is 0 Å². The maximum atomic E-state index is 10.4. The van der Waals surface area contributed by atoms with E-state index in [0.717, 1.165) is 0 Å². The van der Waals surface area contributed by atoms with E-state index in [9.17, 15) is 4.79 Å². The lowest BCUT2D eigenvalue weighted by molar-refractivity contribution is 0.305. The lowest BCUT2D eigenvalue weighted by atomic mass is 10.7. The second kappa shape index (κ2) is 1.69. The molecule has 0 spiro atoms. The molecule has 1 heterocycles. The minimum absolute atomic E-state index is 0.199. The minimum atomic E-state index is -0.340. The van der Waals surface area contributed by atoms with E-state index in [0.29, 0.717) is 0 Å². The molecule has 5 heteroatoms. The summed E-state index contributed by atoms with van der Waals surface area (Å²) in [7, 11) is 1.59. The molecule has 0 aliphatic carbocycles. The Labute approximate surface area is 44.6 Å². The summed E-state index contributed by atoms with van der Waals surface area (Å²) < 4.78 is 4.19. The molecule has 0 aromatic carbocycles. The summed E-state index contributed by atoms with van der Waals surface area (Å²) in [6.45, 7) is 0. The molecule has 2 N–H and O–H groups in total. The van der Waals surface area contributed by atoms with Gasteiger partial charge in [0, 0.05) is 7.05 Å². The maximum absolute atomic E-state index is 10.4. The average molecular weight is 115 g/mol. The molecule has 0 aliphatic heterocycles. The van der Waals surface area contributed by atoms with Gasteiger partial charge >= 0.3 is 5.56 Å². The Morgan fingerprint density at radius 1 is 1.88 bits per heavy atom. The number of nitrogens with one attached hydrogen (secondary N) is 2. The fourth-order valence-electron chi connectivity index (χ4n) is 0.359. The Balaban J connectivity index is 3.11. The normalized spacial score (nSPS) is 9.12. The number of nitrogens with zero attached hydrogens (tertiary/aromatic N) is 1. The summed E-state index contributed by atoms with van der Waals surface area (Å²) in [6.07, 6.45) is 0. The molecule has 1 aromatic heterocycles. The third-order valence-corrected chi connectivity index (χ3v) is 0.727. The van der Waals surface area contributed by atoms with Gasteiger partial charge < -0.3 is 5.32 Å². The molecule has 1 rings (SSSR count). The monoisotopic (exact) mass is 115 g/mol. The number of aromatic amines is 1. The van der Waals surface area contributed by atoms with Gasteiger partial charge in [0.05, 0.1) is 0 Å².